The van der Waals surface area contributed by atoms with Crippen molar-refractivity contribution >= 4 is 0 Å². The lowest BCUT2D eigenvalue weighted by Gasteiger charge is -2.25. The molecule has 0 aromatic heterocycles. The standard InChI is InChI=1S/C9H17N/c1-6(2)9-4-8-3-7(9)5-10-8/h6-10H,3-5H2,1-2H3/t7-,8-,9?/m1/s1. The fraction of sp³-hybridized carbons (Fsp3) is 1.00. The Morgan fingerprint density at radius 3 is 2.40 bits per heavy atom. The van der Waals surface area contributed by atoms with E-state index < -0.39 is 0 Å². The van der Waals surface area contributed by atoms with Gasteiger partial charge in [-0.3, -0.25) is 0 Å². The SMILES string of the molecule is CC(C)C1C[C@H]2C[C@@H]1CN2. The van der Waals surface area contributed by atoms with E-state index >= 15 is 0 Å². The Kier molecular flexibility index (Phi) is 1.48. The normalized spacial score (nSPS) is 45.3. The third-order valence-corrected chi connectivity index (χ3v) is 3.27. The lowest BCUT2D eigenvalue weighted by Crippen LogP contribution is -2.31. The van der Waals surface area contributed by atoms with E-state index in [9.17, 15) is 0 Å². The fourth-order valence-corrected chi connectivity index (χ4v) is 2.69. The molecule has 1 nitrogen and oxygen atoms in total. The number of fused-ring (bicyclic) bond motifs is 2. The second-order valence-electron chi connectivity index (χ2n) is 4.24. The van der Waals surface area contributed by atoms with Crippen molar-refractivity contribution in [2.75, 3.05) is 6.54 Å². The van der Waals surface area contributed by atoms with Gasteiger partial charge in [-0.1, -0.05) is 13.8 Å². The Morgan fingerprint density at radius 2 is 2.10 bits per heavy atom. The molecule has 1 heteroatoms. The molecule has 1 N–H and O–H groups in total. The average molecular weight is 139 g/mol. The average Bonchev–Trinajstić information content (AvgIpc) is 2.44. The van der Waals surface area contributed by atoms with Crippen LogP contribution in [0, 0.1) is 17.8 Å². The van der Waals surface area contributed by atoms with Gasteiger partial charge in [0, 0.05) is 6.04 Å². The molecule has 10 heavy (non-hydrogen) atoms. The summed E-state index contributed by atoms with van der Waals surface area (Å²) in [6, 6.07) is 0.886. The zero-order valence-electron chi connectivity index (χ0n) is 6.93. The van der Waals surface area contributed by atoms with Gasteiger partial charge in [0.1, 0.15) is 0 Å². The van der Waals surface area contributed by atoms with Crippen LogP contribution in [0.4, 0.5) is 0 Å². The number of hydrogen-bond acceptors (Lipinski definition) is 1. The first kappa shape index (κ1) is 6.66. The van der Waals surface area contributed by atoms with E-state index in [-0.39, 0.29) is 0 Å². The second kappa shape index (κ2) is 2.23. The summed E-state index contributed by atoms with van der Waals surface area (Å²) >= 11 is 0. The van der Waals surface area contributed by atoms with Gasteiger partial charge in [-0.15, -0.1) is 0 Å². The second-order valence-corrected chi connectivity index (χ2v) is 4.24. The molecule has 1 saturated heterocycles. The van der Waals surface area contributed by atoms with Crippen molar-refractivity contribution < 1.29 is 0 Å². The van der Waals surface area contributed by atoms with E-state index in [0.717, 1.165) is 23.8 Å². The highest BCUT2D eigenvalue weighted by Crippen LogP contribution is 2.40. The molecule has 2 fully saturated rings. The lowest BCUT2D eigenvalue weighted by atomic mass is 9.85. The largest absolute Gasteiger partial charge is 0.314 e. The molecule has 0 aromatic rings. The lowest BCUT2D eigenvalue weighted by molar-refractivity contribution is 0.269. The summed E-state index contributed by atoms with van der Waals surface area (Å²) in [5.74, 6) is 2.97. The molecular formula is C9H17N. The fourth-order valence-electron chi connectivity index (χ4n) is 2.69. The van der Waals surface area contributed by atoms with Crippen molar-refractivity contribution in [3.8, 4) is 0 Å². The third kappa shape index (κ3) is 0.878. The van der Waals surface area contributed by atoms with Crippen LogP contribution in [0.2, 0.25) is 0 Å². The van der Waals surface area contributed by atoms with Crippen LogP contribution < -0.4 is 5.32 Å². The van der Waals surface area contributed by atoms with Crippen LogP contribution in [0.3, 0.4) is 0 Å². The molecule has 1 heterocycles. The van der Waals surface area contributed by atoms with Gasteiger partial charge in [-0.2, -0.15) is 0 Å². The van der Waals surface area contributed by atoms with Gasteiger partial charge < -0.3 is 5.32 Å². The molecule has 1 saturated carbocycles. The van der Waals surface area contributed by atoms with E-state index in [4.69, 9.17) is 0 Å². The molecular weight excluding hydrogens is 122 g/mol. The van der Waals surface area contributed by atoms with Crippen LogP contribution >= 0.6 is 0 Å². The number of nitrogens with one attached hydrogen (secondary N) is 1. The summed E-state index contributed by atoms with van der Waals surface area (Å²) in [4.78, 5) is 0. The van der Waals surface area contributed by atoms with E-state index in [1.54, 1.807) is 0 Å². The van der Waals surface area contributed by atoms with Gasteiger partial charge in [0.2, 0.25) is 0 Å². The first-order chi connectivity index (χ1) is 4.77. The predicted molar refractivity (Wildman–Crippen MR) is 42.8 cm³/mol. The number of hydrogen-bond donors (Lipinski definition) is 1. The molecule has 2 rings (SSSR count). The molecule has 1 aliphatic heterocycles. The van der Waals surface area contributed by atoms with Gasteiger partial charge in [-0.05, 0) is 37.1 Å². The van der Waals surface area contributed by atoms with Crippen molar-refractivity contribution in [1.82, 2.24) is 5.32 Å². The quantitative estimate of drug-likeness (QED) is 0.582. The maximum absolute atomic E-state index is 3.54. The molecule has 0 amide bonds. The Balaban J connectivity index is 2.02. The van der Waals surface area contributed by atoms with Crippen molar-refractivity contribution in [2.45, 2.75) is 32.7 Å². The molecule has 0 spiro atoms. The van der Waals surface area contributed by atoms with Gasteiger partial charge >= 0.3 is 0 Å². The summed E-state index contributed by atoms with van der Waals surface area (Å²) in [5.41, 5.74) is 0. The van der Waals surface area contributed by atoms with Crippen LogP contribution in [0.5, 0.6) is 0 Å². The van der Waals surface area contributed by atoms with E-state index in [1.807, 2.05) is 0 Å². The van der Waals surface area contributed by atoms with Crippen LogP contribution in [0.1, 0.15) is 26.7 Å². The minimum atomic E-state index is 0.886. The van der Waals surface area contributed by atoms with Crippen LogP contribution in [-0.2, 0) is 0 Å². The summed E-state index contributed by atoms with van der Waals surface area (Å²) in [6.45, 7) is 6.03. The predicted octanol–water partition coefficient (Wildman–Crippen LogP) is 1.64. The third-order valence-electron chi connectivity index (χ3n) is 3.27. The van der Waals surface area contributed by atoms with Crippen molar-refractivity contribution in [3.05, 3.63) is 0 Å². The molecule has 0 aromatic carbocycles. The number of piperidine rings is 1. The van der Waals surface area contributed by atoms with Gasteiger partial charge in [0.25, 0.3) is 0 Å². The van der Waals surface area contributed by atoms with Crippen LogP contribution in [0.25, 0.3) is 0 Å². The molecule has 58 valence electrons. The van der Waals surface area contributed by atoms with Crippen LogP contribution in [0.15, 0.2) is 0 Å². The highest BCUT2D eigenvalue weighted by molar-refractivity contribution is 4.95. The van der Waals surface area contributed by atoms with Gasteiger partial charge in [0.15, 0.2) is 0 Å². The molecule has 1 aliphatic carbocycles. The van der Waals surface area contributed by atoms with Crippen LogP contribution in [-0.4, -0.2) is 12.6 Å². The van der Waals surface area contributed by atoms with E-state index in [1.165, 1.54) is 19.4 Å². The van der Waals surface area contributed by atoms with Gasteiger partial charge in [-0.25, -0.2) is 0 Å². The molecule has 2 bridgehead atoms. The van der Waals surface area contributed by atoms with Crippen molar-refractivity contribution in [3.63, 3.8) is 0 Å². The monoisotopic (exact) mass is 139 g/mol. The molecule has 3 atom stereocenters. The minimum Gasteiger partial charge on any atom is -0.314 e. The van der Waals surface area contributed by atoms with Crippen molar-refractivity contribution in [1.29, 1.82) is 0 Å². The summed E-state index contributed by atoms with van der Waals surface area (Å²) in [6.07, 6.45) is 2.91. The molecule has 1 unspecified atom stereocenters. The summed E-state index contributed by atoms with van der Waals surface area (Å²) in [7, 11) is 0. The Bertz CT molecular complexity index is 131. The highest BCUT2D eigenvalue weighted by Gasteiger charge is 2.40. The summed E-state index contributed by atoms with van der Waals surface area (Å²) < 4.78 is 0. The van der Waals surface area contributed by atoms with Gasteiger partial charge in [0.05, 0.1) is 0 Å². The highest BCUT2D eigenvalue weighted by atomic mass is 15.0. The van der Waals surface area contributed by atoms with E-state index in [0.29, 0.717) is 0 Å². The van der Waals surface area contributed by atoms with E-state index in [2.05, 4.69) is 19.2 Å². The molecule has 0 radical (unpaired) electrons. The molecule has 2 aliphatic rings. The Labute approximate surface area is 63.2 Å². The number of rotatable bonds is 1. The smallest absolute Gasteiger partial charge is 0.00732 e. The summed E-state index contributed by atoms with van der Waals surface area (Å²) in [5, 5.41) is 3.54. The maximum Gasteiger partial charge on any atom is 0.00732 e. The topological polar surface area (TPSA) is 12.0 Å². The van der Waals surface area contributed by atoms with Crippen molar-refractivity contribution in [2.24, 2.45) is 17.8 Å². The maximum atomic E-state index is 3.54. The zero-order valence-corrected chi connectivity index (χ0v) is 6.93. The Morgan fingerprint density at radius 1 is 1.30 bits per heavy atom. The first-order valence-corrected chi connectivity index (χ1v) is 4.50. The Hall–Kier alpha value is -0.0400. The first-order valence-electron chi connectivity index (χ1n) is 4.50. The zero-order chi connectivity index (χ0) is 7.14. The minimum absolute atomic E-state index is 0.886.